The fourth-order valence-corrected chi connectivity index (χ4v) is 1.68. The molecule has 1 unspecified atom stereocenters. The highest BCUT2D eigenvalue weighted by Gasteiger charge is 2.26. The topological polar surface area (TPSA) is 32.8 Å². The van der Waals surface area contributed by atoms with E-state index in [-0.39, 0.29) is 6.09 Å². The summed E-state index contributed by atoms with van der Waals surface area (Å²) in [5.74, 6) is 0. The summed E-state index contributed by atoms with van der Waals surface area (Å²) in [5, 5.41) is 0. The van der Waals surface area contributed by atoms with Crippen molar-refractivity contribution in [2.75, 3.05) is 33.8 Å². The number of amides is 1. The Morgan fingerprint density at radius 1 is 1.54 bits per heavy atom. The van der Waals surface area contributed by atoms with E-state index in [1.165, 1.54) is 7.11 Å². The number of methoxy groups -OCH3 is 1. The van der Waals surface area contributed by atoms with Gasteiger partial charge in [0.2, 0.25) is 0 Å². The van der Waals surface area contributed by atoms with Gasteiger partial charge in [0.1, 0.15) is 0 Å². The predicted octanol–water partition coefficient (Wildman–Crippen LogP) is 0.779. The van der Waals surface area contributed by atoms with E-state index >= 15 is 0 Å². The highest BCUT2D eigenvalue weighted by molar-refractivity contribution is 5.67. The predicted molar refractivity (Wildman–Crippen MR) is 50.7 cm³/mol. The summed E-state index contributed by atoms with van der Waals surface area (Å²) in [6.07, 6.45) is 0.871. The SMILES string of the molecule is CCC1CN(C(=O)OC)CCN1C. The van der Waals surface area contributed by atoms with Gasteiger partial charge in [-0.1, -0.05) is 6.92 Å². The van der Waals surface area contributed by atoms with Gasteiger partial charge < -0.3 is 9.64 Å². The van der Waals surface area contributed by atoms with Gasteiger partial charge >= 0.3 is 6.09 Å². The number of piperazine rings is 1. The van der Waals surface area contributed by atoms with Gasteiger partial charge in [-0.25, -0.2) is 4.79 Å². The maximum absolute atomic E-state index is 11.2. The zero-order valence-corrected chi connectivity index (χ0v) is 8.62. The molecule has 1 amide bonds. The third-order valence-electron chi connectivity index (χ3n) is 2.68. The van der Waals surface area contributed by atoms with Crippen LogP contribution >= 0.6 is 0 Å². The van der Waals surface area contributed by atoms with Gasteiger partial charge in [-0.3, -0.25) is 4.90 Å². The second kappa shape index (κ2) is 4.46. The number of hydrogen-bond acceptors (Lipinski definition) is 3. The molecule has 4 nitrogen and oxygen atoms in total. The van der Waals surface area contributed by atoms with Gasteiger partial charge in [-0.15, -0.1) is 0 Å². The van der Waals surface area contributed by atoms with Crippen molar-refractivity contribution in [2.24, 2.45) is 0 Å². The third-order valence-corrected chi connectivity index (χ3v) is 2.68. The second-order valence-corrected chi connectivity index (χ2v) is 3.46. The monoisotopic (exact) mass is 186 g/mol. The van der Waals surface area contributed by atoms with Gasteiger partial charge in [0.15, 0.2) is 0 Å². The van der Waals surface area contributed by atoms with E-state index in [9.17, 15) is 4.79 Å². The zero-order chi connectivity index (χ0) is 9.84. The van der Waals surface area contributed by atoms with Gasteiger partial charge in [-0.05, 0) is 13.5 Å². The molecule has 0 N–H and O–H groups in total. The lowest BCUT2D eigenvalue weighted by atomic mass is 10.1. The first-order chi connectivity index (χ1) is 6.19. The summed E-state index contributed by atoms with van der Waals surface area (Å²) in [4.78, 5) is 15.3. The summed E-state index contributed by atoms with van der Waals surface area (Å²) in [5.41, 5.74) is 0. The molecule has 0 bridgehead atoms. The second-order valence-electron chi connectivity index (χ2n) is 3.46. The molecule has 0 aromatic carbocycles. The molecule has 0 spiro atoms. The first-order valence-corrected chi connectivity index (χ1v) is 4.72. The van der Waals surface area contributed by atoms with Crippen molar-refractivity contribution in [3.05, 3.63) is 0 Å². The van der Waals surface area contributed by atoms with Crippen LogP contribution in [0.4, 0.5) is 4.79 Å². The lowest BCUT2D eigenvalue weighted by Gasteiger charge is -2.38. The third kappa shape index (κ3) is 2.34. The molecular formula is C9H18N2O2. The zero-order valence-electron chi connectivity index (χ0n) is 8.62. The first kappa shape index (κ1) is 10.3. The Kier molecular flexibility index (Phi) is 3.54. The van der Waals surface area contributed by atoms with E-state index in [1.807, 2.05) is 0 Å². The fourth-order valence-electron chi connectivity index (χ4n) is 1.68. The van der Waals surface area contributed by atoms with E-state index in [4.69, 9.17) is 0 Å². The molecular weight excluding hydrogens is 168 g/mol. The van der Waals surface area contributed by atoms with Crippen LogP contribution in [0.15, 0.2) is 0 Å². The van der Waals surface area contributed by atoms with E-state index in [1.54, 1.807) is 4.90 Å². The Labute approximate surface area is 79.4 Å². The first-order valence-electron chi connectivity index (χ1n) is 4.72. The van der Waals surface area contributed by atoms with E-state index in [2.05, 4.69) is 23.6 Å². The maximum Gasteiger partial charge on any atom is 0.409 e. The molecule has 0 saturated carbocycles. The molecule has 1 saturated heterocycles. The normalized spacial score (nSPS) is 24.5. The molecule has 0 aromatic rings. The van der Waals surface area contributed by atoms with Crippen LogP contribution in [0.5, 0.6) is 0 Å². The number of carbonyl (C=O) groups excluding carboxylic acids is 1. The number of nitrogens with zero attached hydrogens (tertiary/aromatic N) is 2. The average molecular weight is 186 g/mol. The van der Waals surface area contributed by atoms with Crippen molar-refractivity contribution in [1.29, 1.82) is 0 Å². The summed E-state index contributed by atoms with van der Waals surface area (Å²) in [6.45, 7) is 4.65. The van der Waals surface area contributed by atoms with Crippen LogP contribution in [0.3, 0.4) is 0 Å². The standard InChI is InChI=1S/C9H18N2O2/c1-4-8-7-11(9(12)13-3)6-5-10(8)2/h8H,4-7H2,1-3H3. The van der Waals surface area contributed by atoms with Crippen molar-refractivity contribution in [1.82, 2.24) is 9.80 Å². The van der Waals surface area contributed by atoms with Crippen LogP contribution in [-0.4, -0.2) is 55.7 Å². The quantitative estimate of drug-likeness (QED) is 0.606. The van der Waals surface area contributed by atoms with Crippen molar-refractivity contribution in [3.63, 3.8) is 0 Å². The Morgan fingerprint density at radius 2 is 2.23 bits per heavy atom. The summed E-state index contributed by atoms with van der Waals surface area (Å²) in [6, 6.07) is 0.479. The fraction of sp³-hybridized carbons (Fsp3) is 0.889. The molecule has 1 heterocycles. The minimum atomic E-state index is -0.202. The van der Waals surface area contributed by atoms with Gasteiger partial charge in [0.05, 0.1) is 7.11 Å². The molecule has 1 aliphatic heterocycles. The molecule has 76 valence electrons. The highest BCUT2D eigenvalue weighted by Crippen LogP contribution is 2.10. The van der Waals surface area contributed by atoms with E-state index in [0.29, 0.717) is 6.04 Å². The van der Waals surface area contributed by atoms with Crippen molar-refractivity contribution >= 4 is 6.09 Å². The van der Waals surface area contributed by atoms with Crippen LogP contribution in [0.1, 0.15) is 13.3 Å². The Bertz CT molecular complexity index is 184. The summed E-state index contributed by atoms with van der Waals surface area (Å²) >= 11 is 0. The number of rotatable bonds is 1. The molecule has 0 radical (unpaired) electrons. The molecule has 0 aliphatic carbocycles. The van der Waals surface area contributed by atoms with Crippen molar-refractivity contribution in [3.8, 4) is 0 Å². The molecule has 13 heavy (non-hydrogen) atoms. The average Bonchev–Trinajstić information content (AvgIpc) is 2.17. The Morgan fingerprint density at radius 3 is 2.77 bits per heavy atom. The van der Waals surface area contributed by atoms with E-state index < -0.39 is 0 Å². The van der Waals surface area contributed by atoms with Crippen LogP contribution < -0.4 is 0 Å². The summed E-state index contributed by atoms with van der Waals surface area (Å²) in [7, 11) is 3.53. The van der Waals surface area contributed by atoms with Gasteiger partial charge in [-0.2, -0.15) is 0 Å². The Hall–Kier alpha value is -0.770. The van der Waals surface area contributed by atoms with Crippen LogP contribution in [0.2, 0.25) is 0 Å². The molecule has 4 heteroatoms. The van der Waals surface area contributed by atoms with E-state index in [0.717, 1.165) is 26.1 Å². The smallest absolute Gasteiger partial charge is 0.409 e. The number of hydrogen-bond donors (Lipinski definition) is 0. The summed E-state index contributed by atoms with van der Waals surface area (Å²) < 4.78 is 4.69. The molecule has 1 rings (SSSR count). The lowest BCUT2D eigenvalue weighted by molar-refractivity contribution is 0.0710. The van der Waals surface area contributed by atoms with Gasteiger partial charge in [0, 0.05) is 25.7 Å². The maximum atomic E-state index is 11.2. The minimum Gasteiger partial charge on any atom is -0.453 e. The number of carbonyl (C=O) groups is 1. The Balaban J connectivity index is 2.49. The number of likely N-dealkylation sites (N-methyl/N-ethyl adjacent to an activating group) is 1. The molecule has 1 fully saturated rings. The highest BCUT2D eigenvalue weighted by atomic mass is 16.5. The molecule has 0 aromatic heterocycles. The minimum absolute atomic E-state index is 0.202. The number of ether oxygens (including phenoxy) is 1. The van der Waals surface area contributed by atoms with Crippen LogP contribution in [0.25, 0.3) is 0 Å². The molecule has 1 atom stereocenters. The van der Waals surface area contributed by atoms with Crippen LogP contribution in [-0.2, 0) is 4.74 Å². The van der Waals surface area contributed by atoms with Crippen molar-refractivity contribution < 1.29 is 9.53 Å². The van der Waals surface area contributed by atoms with Gasteiger partial charge in [0.25, 0.3) is 0 Å². The van der Waals surface area contributed by atoms with Crippen LogP contribution in [0, 0.1) is 0 Å². The molecule has 1 aliphatic rings. The van der Waals surface area contributed by atoms with Crippen molar-refractivity contribution in [2.45, 2.75) is 19.4 Å². The lowest BCUT2D eigenvalue weighted by Crippen LogP contribution is -2.52. The largest absolute Gasteiger partial charge is 0.453 e.